The van der Waals surface area contributed by atoms with Gasteiger partial charge in [0, 0.05) is 11.8 Å². The Kier molecular flexibility index (Phi) is 5.19. The summed E-state index contributed by atoms with van der Waals surface area (Å²) in [5, 5.41) is 2.64. The number of nitrogens with one attached hydrogen (secondary N) is 1. The summed E-state index contributed by atoms with van der Waals surface area (Å²) < 4.78 is 15.5. The third kappa shape index (κ3) is 3.88. The van der Waals surface area contributed by atoms with E-state index in [0.717, 1.165) is 12.3 Å². The van der Waals surface area contributed by atoms with E-state index in [2.05, 4.69) is 5.32 Å². The number of hydrogen-bond donors (Lipinski definition) is 1. The van der Waals surface area contributed by atoms with E-state index in [4.69, 9.17) is 13.9 Å². The highest BCUT2D eigenvalue weighted by Crippen LogP contribution is 2.16. The standard InChI is InChI=1S/C16H17NO5/c1-3-20-12-7-5-11(6-8-12)17-16(19)14-9-13(18)15(10-22-14)21-4-2/h5-10H,3-4H2,1-2H3,(H,17,19). The third-order valence-corrected chi connectivity index (χ3v) is 2.74. The predicted molar refractivity (Wildman–Crippen MR) is 81.7 cm³/mol. The first-order chi connectivity index (χ1) is 10.6. The molecule has 0 atom stereocenters. The normalized spacial score (nSPS) is 10.1. The van der Waals surface area contributed by atoms with Gasteiger partial charge in [-0.1, -0.05) is 0 Å². The molecule has 22 heavy (non-hydrogen) atoms. The molecule has 0 aliphatic carbocycles. The Hall–Kier alpha value is -2.76. The van der Waals surface area contributed by atoms with Gasteiger partial charge in [-0.05, 0) is 38.1 Å². The van der Waals surface area contributed by atoms with Crippen molar-refractivity contribution in [3.63, 3.8) is 0 Å². The van der Waals surface area contributed by atoms with Crippen molar-refractivity contribution in [1.29, 1.82) is 0 Å². The van der Waals surface area contributed by atoms with Crippen LogP contribution in [0.3, 0.4) is 0 Å². The Bertz CT molecular complexity index is 690. The lowest BCUT2D eigenvalue weighted by atomic mass is 10.3. The molecule has 1 aromatic carbocycles. The summed E-state index contributed by atoms with van der Waals surface area (Å²) in [5.41, 5.74) is 0.176. The van der Waals surface area contributed by atoms with Crippen molar-refractivity contribution in [3.05, 3.63) is 52.6 Å². The van der Waals surface area contributed by atoms with Crippen molar-refractivity contribution >= 4 is 11.6 Å². The molecule has 0 aliphatic rings. The maximum Gasteiger partial charge on any atom is 0.291 e. The minimum absolute atomic E-state index is 0.0812. The zero-order valence-corrected chi connectivity index (χ0v) is 12.4. The molecule has 0 saturated heterocycles. The molecule has 0 saturated carbocycles. The highest BCUT2D eigenvalue weighted by atomic mass is 16.5. The molecule has 116 valence electrons. The molecule has 2 aromatic rings. The fraction of sp³-hybridized carbons (Fsp3) is 0.250. The quantitative estimate of drug-likeness (QED) is 0.887. The number of ether oxygens (including phenoxy) is 2. The summed E-state index contributed by atoms with van der Waals surface area (Å²) >= 11 is 0. The number of carbonyl (C=O) groups is 1. The fourth-order valence-electron chi connectivity index (χ4n) is 1.77. The molecule has 0 bridgehead atoms. The zero-order valence-electron chi connectivity index (χ0n) is 12.4. The molecular weight excluding hydrogens is 286 g/mol. The van der Waals surface area contributed by atoms with Crippen LogP contribution in [0.25, 0.3) is 0 Å². The van der Waals surface area contributed by atoms with Crippen molar-refractivity contribution in [3.8, 4) is 11.5 Å². The van der Waals surface area contributed by atoms with Crippen molar-refractivity contribution in [2.24, 2.45) is 0 Å². The average Bonchev–Trinajstić information content (AvgIpc) is 2.51. The Morgan fingerprint density at radius 2 is 1.82 bits per heavy atom. The molecule has 1 aromatic heterocycles. The van der Waals surface area contributed by atoms with Gasteiger partial charge >= 0.3 is 0 Å². The molecule has 0 spiro atoms. The Balaban J connectivity index is 2.08. The number of benzene rings is 1. The first kappa shape index (κ1) is 15.6. The summed E-state index contributed by atoms with van der Waals surface area (Å²) in [4.78, 5) is 23.8. The van der Waals surface area contributed by atoms with Crippen LogP contribution in [0, 0.1) is 0 Å². The number of rotatable bonds is 6. The number of hydrogen-bond acceptors (Lipinski definition) is 5. The highest BCUT2D eigenvalue weighted by Gasteiger charge is 2.12. The molecular formula is C16H17NO5. The lowest BCUT2D eigenvalue weighted by molar-refractivity contribution is 0.0993. The van der Waals surface area contributed by atoms with E-state index in [0.29, 0.717) is 24.7 Å². The number of carbonyl (C=O) groups excluding carboxylic acids is 1. The minimum Gasteiger partial charge on any atom is -0.494 e. The molecule has 6 nitrogen and oxygen atoms in total. The lowest BCUT2D eigenvalue weighted by Crippen LogP contribution is -2.15. The van der Waals surface area contributed by atoms with Crippen LogP contribution in [0.4, 0.5) is 5.69 Å². The summed E-state index contributed by atoms with van der Waals surface area (Å²) in [5.74, 6) is 0.208. The van der Waals surface area contributed by atoms with Gasteiger partial charge in [0.1, 0.15) is 12.0 Å². The summed E-state index contributed by atoms with van der Waals surface area (Å²) in [6.07, 6.45) is 1.14. The van der Waals surface area contributed by atoms with Crippen LogP contribution in [0.1, 0.15) is 24.4 Å². The molecule has 2 rings (SSSR count). The second-order valence-electron chi connectivity index (χ2n) is 4.32. The van der Waals surface area contributed by atoms with Gasteiger partial charge in [-0.25, -0.2) is 0 Å². The van der Waals surface area contributed by atoms with Gasteiger partial charge in [-0.3, -0.25) is 9.59 Å². The monoisotopic (exact) mass is 303 g/mol. The van der Waals surface area contributed by atoms with E-state index in [1.54, 1.807) is 31.2 Å². The van der Waals surface area contributed by atoms with Crippen LogP contribution in [-0.2, 0) is 0 Å². The molecule has 0 fully saturated rings. The Morgan fingerprint density at radius 1 is 1.14 bits per heavy atom. The van der Waals surface area contributed by atoms with E-state index in [1.165, 1.54) is 0 Å². The Labute approximate surface area is 127 Å². The molecule has 1 N–H and O–H groups in total. The molecule has 0 unspecified atom stereocenters. The van der Waals surface area contributed by atoms with E-state index < -0.39 is 11.3 Å². The van der Waals surface area contributed by atoms with E-state index in [1.807, 2.05) is 6.92 Å². The summed E-state index contributed by atoms with van der Waals surface area (Å²) in [7, 11) is 0. The van der Waals surface area contributed by atoms with Gasteiger partial charge in [0.15, 0.2) is 5.76 Å². The van der Waals surface area contributed by atoms with Crippen LogP contribution in [0.2, 0.25) is 0 Å². The highest BCUT2D eigenvalue weighted by molar-refractivity contribution is 6.02. The van der Waals surface area contributed by atoms with Crippen molar-refractivity contribution in [2.75, 3.05) is 18.5 Å². The van der Waals surface area contributed by atoms with Crippen molar-refractivity contribution in [1.82, 2.24) is 0 Å². The van der Waals surface area contributed by atoms with E-state index in [-0.39, 0.29) is 11.5 Å². The van der Waals surface area contributed by atoms with E-state index >= 15 is 0 Å². The van der Waals surface area contributed by atoms with Gasteiger partial charge < -0.3 is 19.2 Å². The van der Waals surface area contributed by atoms with Gasteiger partial charge in [0.2, 0.25) is 11.2 Å². The first-order valence-electron chi connectivity index (χ1n) is 6.94. The molecule has 0 radical (unpaired) electrons. The van der Waals surface area contributed by atoms with Crippen LogP contribution < -0.4 is 20.2 Å². The largest absolute Gasteiger partial charge is 0.494 e. The first-order valence-corrected chi connectivity index (χ1v) is 6.94. The smallest absolute Gasteiger partial charge is 0.291 e. The SMILES string of the molecule is CCOc1ccc(NC(=O)c2cc(=O)c(OCC)co2)cc1. The Morgan fingerprint density at radius 3 is 2.41 bits per heavy atom. The average molecular weight is 303 g/mol. The number of amides is 1. The number of anilines is 1. The van der Waals surface area contributed by atoms with Crippen LogP contribution in [-0.4, -0.2) is 19.1 Å². The maximum absolute atomic E-state index is 12.0. The molecule has 0 aliphatic heterocycles. The van der Waals surface area contributed by atoms with Gasteiger partial charge in [-0.2, -0.15) is 0 Å². The van der Waals surface area contributed by atoms with Crippen molar-refractivity contribution in [2.45, 2.75) is 13.8 Å². The third-order valence-electron chi connectivity index (χ3n) is 2.74. The zero-order chi connectivity index (χ0) is 15.9. The predicted octanol–water partition coefficient (Wildman–Crippen LogP) is 2.69. The van der Waals surface area contributed by atoms with Gasteiger partial charge in [-0.15, -0.1) is 0 Å². The van der Waals surface area contributed by atoms with Gasteiger partial charge in [0.25, 0.3) is 5.91 Å². The van der Waals surface area contributed by atoms with E-state index in [9.17, 15) is 9.59 Å². The van der Waals surface area contributed by atoms with Crippen molar-refractivity contribution < 1.29 is 18.7 Å². The molecule has 1 amide bonds. The fourth-order valence-corrected chi connectivity index (χ4v) is 1.77. The van der Waals surface area contributed by atoms with Crippen LogP contribution in [0.15, 0.2) is 45.8 Å². The molecule has 6 heteroatoms. The van der Waals surface area contributed by atoms with Crippen LogP contribution >= 0.6 is 0 Å². The summed E-state index contributed by atoms with van der Waals surface area (Å²) in [6.45, 7) is 4.57. The maximum atomic E-state index is 12.0. The lowest BCUT2D eigenvalue weighted by Gasteiger charge is -2.07. The topological polar surface area (TPSA) is 77.8 Å². The second-order valence-corrected chi connectivity index (χ2v) is 4.32. The summed E-state index contributed by atoms with van der Waals surface area (Å²) in [6, 6.07) is 8.00. The molecule has 1 heterocycles. The van der Waals surface area contributed by atoms with Gasteiger partial charge in [0.05, 0.1) is 13.2 Å². The van der Waals surface area contributed by atoms with Crippen LogP contribution in [0.5, 0.6) is 11.5 Å². The second kappa shape index (κ2) is 7.31. The minimum atomic E-state index is -0.510.